The number of aliphatic hydroxyl groups excluding tert-OH is 2. The van der Waals surface area contributed by atoms with Crippen molar-refractivity contribution in [3.63, 3.8) is 0 Å². The van der Waals surface area contributed by atoms with Crippen LogP contribution < -0.4 is 16.0 Å². The molecule has 0 bridgehead atoms. The zero-order valence-corrected chi connectivity index (χ0v) is 28.2. The monoisotopic (exact) mass is 669 g/mol. The van der Waals surface area contributed by atoms with Crippen molar-refractivity contribution >= 4 is 28.1 Å². The predicted molar refractivity (Wildman–Crippen MR) is 171 cm³/mol. The molecule has 0 radical (unpaired) electrons. The van der Waals surface area contributed by atoms with E-state index >= 15 is 0 Å². The number of benzene rings is 1. The number of amides is 4. The third-order valence-electron chi connectivity index (χ3n) is 8.18. The number of hydrogen-bond acceptors (Lipinski definition) is 9. The molecule has 2 heterocycles. The van der Waals surface area contributed by atoms with Gasteiger partial charge in [-0.1, -0.05) is 44.2 Å². The van der Waals surface area contributed by atoms with Gasteiger partial charge in [0.2, 0.25) is 11.3 Å². The van der Waals surface area contributed by atoms with Gasteiger partial charge in [0.1, 0.15) is 17.9 Å². The molecule has 0 saturated carbocycles. The Kier molecular flexibility index (Phi) is 13.2. The van der Waals surface area contributed by atoms with Gasteiger partial charge in [0.25, 0.3) is 10.1 Å². The Bertz CT molecular complexity index is 1270. The summed E-state index contributed by atoms with van der Waals surface area (Å²) < 4.78 is 38.8. The molecular weight excluding hydrogens is 618 g/mol. The average molecular weight is 670 g/mol. The van der Waals surface area contributed by atoms with Gasteiger partial charge < -0.3 is 35.4 Å². The second-order valence-electron chi connectivity index (χ2n) is 13.6. The Morgan fingerprint density at radius 2 is 1.72 bits per heavy atom. The van der Waals surface area contributed by atoms with E-state index in [-0.39, 0.29) is 31.3 Å². The Labute approximate surface area is 272 Å². The van der Waals surface area contributed by atoms with E-state index < -0.39 is 63.4 Å². The van der Waals surface area contributed by atoms with Crippen LogP contribution in [0.25, 0.3) is 0 Å². The molecule has 2 saturated heterocycles. The largest absolute Gasteiger partial charge is 0.444 e. The van der Waals surface area contributed by atoms with Crippen molar-refractivity contribution in [2.75, 3.05) is 19.6 Å². The highest BCUT2D eigenvalue weighted by Crippen LogP contribution is 2.24. The number of ether oxygens (including phenoxy) is 1. The molecule has 4 amide bonds. The van der Waals surface area contributed by atoms with Gasteiger partial charge in [-0.2, -0.15) is 8.42 Å². The molecule has 6 N–H and O–H groups in total. The second kappa shape index (κ2) is 16.2. The molecule has 2 fully saturated rings. The highest BCUT2D eigenvalue weighted by atomic mass is 32.2. The van der Waals surface area contributed by atoms with Crippen molar-refractivity contribution < 1.29 is 42.3 Å². The maximum Gasteiger partial charge on any atom is 0.410 e. The summed E-state index contributed by atoms with van der Waals surface area (Å²) in [6.07, 6.45) is 0.144. The first-order chi connectivity index (χ1) is 21.4. The van der Waals surface area contributed by atoms with E-state index in [1.54, 1.807) is 30.6 Å². The van der Waals surface area contributed by atoms with Crippen LogP contribution in [0.1, 0.15) is 72.3 Å². The zero-order chi connectivity index (χ0) is 34.2. The number of carbonyl (C=O) groups excluding carboxylic acids is 3. The van der Waals surface area contributed by atoms with Crippen molar-refractivity contribution in [1.82, 2.24) is 25.8 Å². The molecule has 2 aliphatic rings. The Hall–Kier alpha value is -2.98. The van der Waals surface area contributed by atoms with E-state index in [0.717, 1.165) is 5.56 Å². The quantitative estimate of drug-likeness (QED) is 0.179. The van der Waals surface area contributed by atoms with Crippen molar-refractivity contribution in [3.05, 3.63) is 35.9 Å². The minimum Gasteiger partial charge on any atom is -0.444 e. The van der Waals surface area contributed by atoms with Crippen LogP contribution in [0.4, 0.5) is 9.59 Å². The minimum absolute atomic E-state index is 0.0542. The van der Waals surface area contributed by atoms with Crippen molar-refractivity contribution in [2.45, 2.75) is 109 Å². The molecule has 2 aliphatic heterocycles. The maximum absolute atomic E-state index is 13.9. The van der Waals surface area contributed by atoms with E-state index in [1.807, 2.05) is 44.2 Å². The summed E-state index contributed by atoms with van der Waals surface area (Å²) in [5, 5.41) is 28.8. The number of rotatable bonds is 12. The molecular formula is C31H51N5O9S. The first-order valence-corrected chi connectivity index (χ1v) is 17.4. The summed E-state index contributed by atoms with van der Waals surface area (Å²) in [6.45, 7) is 10.6. The molecule has 5 atom stereocenters. The van der Waals surface area contributed by atoms with Crippen molar-refractivity contribution in [3.8, 4) is 0 Å². The Morgan fingerprint density at radius 1 is 1.09 bits per heavy atom. The van der Waals surface area contributed by atoms with E-state index in [2.05, 4.69) is 16.0 Å². The van der Waals surface area contributed by atoms with Gasteiger partial charge in [-0.3, -0.25) is 14.7 Å². The number of carbonyl (C=O) groups is 3. The normalized spacial score (nSPS) is 21.4. The SMILES string of the molecule is CC(C)C[C@H](NC(=O)N(Cc1ccccc1)C1CCN(C(=O)OC(C)(C)C)CC1)C(=O)N[C@@H](C[C@@H]1CCNC1O)C(O)S(=O)(=O)O. The maximum atomic E-state index is 13.9. The van der Waals surface area contributed by atoms with Crippen LogP contribution in [-0.4, -0.2) is 106 Å². The van der Waals surface area contributed by atoms with E-state index in [4.69, 9.17) is 4.74 Å². The fraction of sp³-hybridized carbons (Fsp3) is 0.710. The highest BCUT2D eigenvalue weighted by molar-refractivity contribution is 7.86. The lowest BCUT2D eigenvalue weighted by Crippen LogP contribution is -2.58. The summed E-state index contributed by atoms with van der Waals surface area (Å²) in [5.41, 5.74) is -2.09. The first kappa shape index (κ1) is 37.5. The molecule has 2 unspecified atom stereocenters. The third-order valence-corrected chi connectivity index (χ3v) is 9.12. The molecule has 0 aromatic heterocycles. The fourth-order valence-corrected chi connectivity index (χ4v) is 6.41. The summed E-state index contributed by atoms with van der Waals surface area (Å²) in [6, 6.07) is 6.07. The van der Waals surface area contributed by atoms with Crippen LogP contribution in [0, 0.1) is 11.8 Å². The molecule has 15 heteroatoms. The lowest BCUT2D eigenvalue weighted by atomic mass is 9.97. The topological polar surface area (TPSA) is 198 Å². The summed E-state index contributed by atoms with van der Waals surface area (Å²) in [4.78, 5) is 43.5. The second-order valence-corrected chi connectivity index (χ2v) is 15.2. The van der Waals surface area contributed by atoms with Gasteiger partial charge in [-0.05, 0) is 70.9 Å². The van der Waals surface area contributed by atoms with Gasteiger partial charge >= 0.3 is 12.1 Å². The fourth-order valence-electron chi connectivity index (χ4n) is 5.82. The van der Waals surface area contributed by atoms with E-state index in [9.17, 15) is 37.6 Å². The highest BCUT2D eigenvalue weighted by Gasteiger charge is 2.39. The molecule has 14 nitrogen and oxygen atoms in total. The van der Waals surface area contributed by atoms with Crippen LogP contribution >= 0.6 is 0 Å². The van der Waals surface area contributed by atoms with Crippen LogP contribution in [0.3, 0.4) is 0 Å². The number of piperidine rings is 1. The molecule has 1 aromatic rings. The van der Waals surface area contributed by atoms with Crippen LogP contribution in [0.15, 0.2) is 30.3 Å². The Balaban J connectivity index is 1.79. The van der Waals surface area contributed by atoms with Crippen LogP contribution in [0.2, 0.25) is 0 Å². The van der Waals surface area contributed by atoms with Crippen molar-refractivity contribution in [2.24, 2.45) is 11.8 Å². The molecule has 3 rings (SSSR count). The summed E-state index contributed by atoms with van der Waals surface area (Å²) in [5.74, 6) is -1.26. The number of hydrogen-bond donors (Lipinski definition) is 6. The van der Waals surface area contributed by atoms with Crippen LogP contribution in [-0.2, 0) is 26.2 Å². The lowest BCUT2D eigenvalue weighted by Gasteiger charge is -2.39. The molecule has 0 aliphatic carbocycles. The number of urea groups is 1. The standard InChI is InChI=1S/C31H51N5O9S/c1-20(2)17-24(27(38)33-25(28(39)46(42,43)44)18-22-11-14-32-26(22)37)34-29(40)36(19-21-9-7-6-8-10-21)23-12-15-35(16-13-23)30(41)45-31(3,4)5/h6-10,20,22-26,28,32,37,39H,11-19H2,1-5H3,(H,33,38)(H,34,40)(H,42,43,44)/t22-,24-,25-,26?,28?/m0/s1. The van der Waals surface area contributed by atoms with Gasteiger partial charge in [0, 0.05) is 31.6 Å². The number of nitrogens with one attached hydrogen (secondary N) is 3. The number of likely N-dealkylation sites (tertiary alicyclic amines) is 1. The zero-order valence-electron chi connectivity index (χ0n) is 27.4. The van der Waals surface area contributed by atoms with Crippen LogP contribution in [0.5, 0.6) is 0 Å². The third kappa shape index (κ3) is 11.4. The van der Waals surface area contributed by atoms with Gasteiger partial charge in [-0.25, -0.2) is 9.59 Å². The molecule has 260 valence electrons. The van der Waals surface area contributed by atoms with Crippen molar-refractivity contribution in [1.29, 1.82) is 0 Å². The van der Waals surface area contributed by atoms with E-state index in [0.29, 0.717) is 38.9 Å². The molecule has 1 aromatic carbocycles. The Morgan fingerprint density at radius 3 is 2.24 bits per heavy atom. The summed E-state index contributed by atoms with van der Waals surface area (Å²) >= 11 is 0. The smallest absolute Gasteiger partial charge is 0.410 e. The average Bonchev–Trinajstić information content (AvgIpc) is 3.37. The van der Waals surface area contributed by atoms with Gasteiger partial charge in [-0.15, -0.1) is 0 Å². The lowest BCUT2D eigenvalue weighted by molar-refractivity contribution is -0.124. The summed E-state index contributed by atoms with van der Waals surface area (Å²) in [7, 11) is -4.96. The molecule has 46 heavy (non-hydrogen) atoms. The van der Waals surface area contributed by atoms with Gasteiger partial charge in [0.05, 0.1) is 6.04 Å². The predicted octanol–water partition coefficient (Wildman–Crippen LogP) is 2.02. The van der Waals surface area contributed by atoms with Gasteiger partial charge in [0.15, 0.2) is 0 Å². The number of aliphatic hydroxyl groups is 2. The van der Waals surface area contributed by atoms with E-state index in [1.165, 1.54) is 0 Å². The first-order valence-electron chi connectivity index (χ1n) is 15.9. The molecule has 0 spiro atoms. The minimum atomic E-state index is -4.96. The number of nitrogens with zero attached hydrogens (tertiary/aromatic N) is 2.